The lowest BCUT2D eigenvalue weighted by molar-refractivity contribution is -0.122. The van der Waals surface area contributed by atoms with Gasteiger partial charge in [0.05, 0.1) is 17.6 Å². The molecule has 2 aromatic carbocycles. The van der Waals surface area contributed by atoms with E-state index in [1.807, 2.05) is 28.8 Å². The van der Waals surface area contributed by atoms with E-state index in [4.69, 9.17) is 16.6 Å². The number of benzene rings is 2. The first-order valence-corrected chi connectivity index (χ1v) is 9.66. The summed E-state index contributed by atoms with van der Waals surface area (Å²) in [6.07, 6.45) is 3.49. The van der Waals surface area contributed by atoms with Gasteiger partial charge in [-0.15, -0.1) is 0 Å². The van der Waals surface area contributed by atoms with Crippen molar-refractivity contribution in [3.63, 3.8) is 0 Å². The summed E-state index contributed by atoms with van der Waals surface area (Å²) < 4.78 is 16.3. The summed E-state index contributed by atoms with van der Waals surface area (Å²) in [6, 6.07) is 12.6. The third-order valence-corrected chi connectivity index (χ3v) is 5.29. The predicted octanol–water partition coefficient (Wildman–Crippen LogP) is 4.34. The molecule has 4 rings (SSSR count). The molecule has 1 aromatic heterocycles. The van der Waals surface area contributed by atoms with Crippen molar-refractivity contribution < 1.29 is 9.18 Å². The summed E-state index contributed by atoms with van der Waals surface area (Å²) in [5, 5.41) is 3.39. The molecule has 0 unspecified atom stereocenters. The lowest BCUT2D eigenvalue weighted by Crippen LogP contribution is -2.26. The highest BCUT2D eigenvalue weighted by Gasteiger charge is 2.29. The second-order valence-electron chi connectivity index (χ2n) is 6.97. The van der Waals surface area contributed by atoms with Crippen molar-refractivity contribution in [3.05, 3.63) is 64.7 Å². The van der Waals surface area contributed by atoms with Gasteiger partial charge in [-0.05, 0) is 43.5 Å². The van der Waals surface area contributed by atoms with Crippen LogP contribution >= 0.6 is 11.6 Å². The normalized spacial score (nSPS) is 13.9. The van der Waals surface area contributed by atoms with E-state index in [1.54, 1.807) is 12.1 Å². The molecule has 27 heavy (non-hydrogen) atoms. The van der Waals surface area contributed by atoms with Crippen molar-refractivity contribution in [3.8, 4) is 0 Å². The smallest absolute Gasteiger partial charge is 0.223 e. The largest absolute Gasteiger partial charge is 0.356 e. The molecule has 3 aromatic rings. The Kier molecular flexibility index (Phi) is 5.12. The number of para-hydroxylation sites is 2. The van der Waals surface area contributed by atoms with E-state index in [0.29, 0.717) is 30.1 Å². The van der Waals surface area contributed by atoms with Crippen LogP contribution in [-0.4, -0.2) is 22.0 Å². The SMILES string of the molecule is O=C(NCCCc1nc2ccccc2n1Cc1c(F)cccc1Cl)C1CC1. The Bertz CT molecular complexity index is 960. The lowest BCUT2D eigenvalue weighted by atomic mass is 10.2. The molecule has 1 heterocycles. The zero-order valence-corrected chi connectivity index (χ0v) is 15.7. The molecule has 0 radical (unpaired) electrons. The van der Waals surface area contributed by atoms with Crippen LogP contribution in [-0.2, 0) is 17.8 Å². The zero-order chi connectivity index (χ0) is 18.8. The van der Waals surface area contributed by atoms with E-state index in [2.05, 4.69) is 5.32 Å². The molecule has 1 saturated carbocycles. The van der Waals surface area contributed by atoms with Crippen molar-refractivity contribution >= 4 is 28.5 Å². The van der Waals surface area contributed by atoms with Gasteiger partial charge >= 0.3 is 0 Å². The van der Waals surface area contributed by atoms with Crippen LogP contribution < -0.4 is 5.32 Å². The van der Waals surface area contributed by atoms with Crippen molar-refractivity contribution in [2.45, 2.75) is 32.2 Å². The van der Waals surface area contributed by atoms with Gasteiger partial charge in [0.15, 0.2) is 0 Å². The summed E-state index contributed by atoms with van der Waals surface area (Å²) in [7, 11) is 0. The van der Waals surface area contributed by atoms with Gasteiger partial charge in [0.2, 0.25) is 5.91 Å². The number of hydrogen-bond acceptors (Lipinski definition) is 2. The number of aromatic nitrogens is 2. The molecule has 1 aliphatic carbocycles. The number of carbonyl (C=O) groups excluding carboxylic acids is 1. The summed E-state index contributed by atoms with van der Waals surface area (Å²) in [5.41, 5.74) is 2.29. The Morgan fingerprint density at radius 2 is 2.04 bits per heavy atom. The Labute approximate surface area is 162 Å². The molecule has 1 fully saturated rings. The molecule has 0 saturated heterocycles. The molecule has 140 valence electrons. The molecular formula is C21H21ClFN3O. The maximum atomic E-state index is 14.3. The minimum Gasteiger partial charge on any atom is -0.356 e. The highest BCUT2D eigenvalue weighted by Crippen LogP contribution is 2.28. The van der Waals surface area contributed by atoms with Crippen LogP contribution in [0.3, 0.4) is 0 Å². The molecule has 1 amide bonds. The third kappa shape index (κ3) is 3.98. The van der Waals surface area contributed by atoms with E-state index in [1.165, 1.54) is 6.07 Å². The number of nitrogens with one attached hydrogen (secondary N) is 1. The first kappa shape index (κ1) is 18.0. The predicted molar refractivity (Wildman–Crippen MR) is 104 cm³/mol. The van der Waals surface area contributed by atoms with Gasteiger partial charge in [-0.25, -0.2) is 9.37 Å². The molecule has 1 aliphatic rings. The number of imidazole rings is 1. The number of aryl methyl sites for hydroxylation is 1. The first-order valence-electron chi connectivity index (χ1n) is 9.28. The van der Waals surface area contributed by atoms with Gasteiger partial charge in [0.1, 0.15) is 11.6 Å². The number of fused-ring (bicyclic) bond motifs is 1. The molecule has 0 aliphatic heterocycles. The average Bonchev–Trinajstić information content (AvgIpc) is 3.45. The Hall–Kier alpha value is -2.40. The second kappa shape index (κ2) is 7.69. The fourth-order valence-electron chi connectivity index (χ4n) is 3.28. The minimum absolute atomic E-state index is 0.154. The molecule has 0 spiro atoms. The van der Waals surface area contributed by atoms with Crippen molar-refractivity contribution in [1.29, 1.82) is 0 Å². The van der Waals surface area contributed by atoms with E-state index >= 15 is 0 Å². The number of carbonyl (C=O) groups is 1. The highest BCUT2D eigenvalue weighted by molar-refractivity contribution is 6.31. The molecule has 0 bridgehead atoms. The molecule has 6 heteroatoms. The molecule has 4 nitrogen and oxygen atoms in total. The number of hydrogen-bond donors (Lipinski definition) is 1. The van der Waals surface area contributed by atoms with Crippen molar-refractivity contribution in [2.24, 2.45) is 5.92 Å². The highest BCUT2D eigenvalue weighted by atomic mass is 35.5. The fraction of sp³-hybridized carbons (Fsp3) is 0.333. The van der Waals surface area contributed by atoms with Crippen LogP contribution in [0.1, 0.15) is 30.7 Å². The van der Waals surface area contributed by atoms with E-state index in [9.17, 15) is 9.18 Å². The van der Waals surface area contributed by atoms with E-state index in [0.717, 1.165) is 36.1 Å². The van der Waals surface area contributed by atoms with Gasteiger partial charge in [-0.1, -0.05) is 29.8 Å². The van der Waals surface area contributed by atoms with Gasteiger partial charge in [0, 0.05) is 29.5 Å². The number of amides is 1. The summed E-state index contributed by atoms with van der Waals surface area (Å²) >= 11 is 6.23. The maximum absolute atomic E-state index is 14.3. The zero-order valence-electron chi connectivity index (χ0n) is 14.9. The topological polar surface area (TPSA) is 46.9 Å². The van der Waals surface area contributed by atoms with Crippen LogP contribution in [0.4, 0.5) is 4.39 Å². The average molecular weight is 386 g/mol. The Morgan fingerprint density at radius 1 is 1.22 bits per heavy atom. The van der Waals surface area contributed by atoms with Gasteiger partial charge in [-0.2, -0.15) is 0 Å². The third-order valence-electron chi connectivity index (χ3n) is 4.94. The summed E-state index contributed by atoms with van der Waals surface area (Å²) in [6.45, 7) is 0.953. The standard InChI is InChI=1S/C21H21ClFN3O/c22-16-5-3-6-17(23)15(16)13-26-19-8-2-1-7-18(19)25-20(26)9-4-12-24-21(27)14-10-11-14/h1-3,5-8,14H,4,9-13H2,(H,24,27). The molecular weight excluding hydrogens is 365 g/mol. The Morgan fingerprint density at radius 3 is 2.81 bits per heavy atom. The minimum atomic E-state index is -0.317. The quantitative estimate of drug-likeness (QED) is 0.615. The van der Waals surface area contributed by atoms with Crippen LogP contribution in [0.25, 0.3) is 11.0 Å². The first-order chi connectivity index (χ1) is 13.1. The van der Waals surface area contributed by atoms with Crippen LogP contribution in [0.5, 0.6) is 0 Å². The monoisotopic (exact) mass is 385 g/mol. The van der Waals surface area contributed by atoms with Crippen LogP contribution in [0, 0.1) is 11.7 Å². The Balaban J connectivity index is 1.54. The second-order valence-corrected chi connectivity index (χ2v) is 7.38. The summed E-state index contributed by atoms with van der Waals surface area (Å²) in [5.74, 6) is 0.929. The van der Waals surface area contributed by atoms with E-state index < -0.39 is 0 Å². The maximum Gasteiger partial charge on any atom is 0.223 e. The van der Waals surface area contributed by atoms with E-state index in [-0.39, 0.29) is 17.6 Å². The molecule has 1 N–H and O–H groups in total. The fourth-order valence-corrected chi connectivity index (χ4v) is 3.50. The number of nitrogens with zero attached hydrogens (tertiary/aromatic N) is 2. The summed E-state index contributed by atoms with van der Waals surface area (Å²) in [4.78, 5) is 16.5. The van der Waals surface area contributed by atoms with Gasteiger partial charge < -0.3 is 9.88 Å². The number of halogens is 2. The van der Waals surface area contributed by atoms with Crippen LogP contribution in [0.15, 0.2) is 42.5 Å². The van der Waals surface area contributed by atoms with Gasteiger partial charge in [-0.3, -0.25) is 4.79 Å². The van der Waals surface area contributed by atoms with Gasteiger partial charge in [0.25, 0.3) is 0 Å². The van der Waals surface area contributed by atoms with Crippen molar-refractivity contribution in [2.75, 3.05) is 6.54 Å². The van der Waals surface area contributed by atoms with Crippen LogP contribution in [0.2, 0.25) is 5.02 Å². The molecule has 0 atom stereocenters. The van der Waals surface area contributed by atoms with Crippen molar-refractivity contribution in [1.82, 2.24) is 14.9 Å². The lowest BCUT2D eigenvalue weighted by Gasteiger charge is -2.12. The number of rotatable bonds is 7.